The van der Waals surface area contributed by atoms with Crippen LogP contribution in [0.4, 0.5) is 0 Å². The third kappa shape index (κ3) is 4.06. The van der Waals surface area contributed by atoms with Crippen molar-refractivity contribution in [2.24, 2.45) is 16.8 Å². The lowest BCUT2D eigenvalue weighted by atomic mass is 9.82. The zero-order chi connectivity index (χ0) is 17.9. The smallest absolute Gasteiger partial charge is 0.193 e. The molecule has 1 aromatic rings. The molecule has 3 atom stereocenters. The number of piperidine rings is 1. The highest BCUT2D eigenvalue weighted by Gasteiger charge is 2.34. The number of benzene rings is 1. The maximum atomic E-state index is 4.59. The van der Waals surface area contributed by atoms with Crippen LogP contribution >= 0.6 is 0 Å². The van der Waals surface area contributed by atoms with Crippen molar-refractivity contribution < 1.29 is 0 Å². The van der Waals surface area contributed by atoms with Gasteiger partial charge < -0.3 is 15.1 Å². The van der Waals surface area contributed by atoms with Crippen LogP contribution in [0.25, 0.3) is 0 Å². The third-order valence-corrected chi connectivity index (χ3v) is 6.57. The van der Waals surface area contributed by atoms with Crippen molar-refractivity contribution in [3.63, 3.8) is 0 Å². The Kier molecular flexibility index (Phi) is 5.49. The molecule has 0 amide bonds. The van der Waals surface area contributed by atoms with E-state index in [1.54, 1.807) is 0 Å². The molecule has 4 nitrogen and oxygen atoms in total. The summed E-state index contributed by atoms with van der Waals surface area (Å²) in [6.07, 6.45) is 5.41. The molecule has 3 fully saturated rings. The molecule has 0 spiro atoms. The van der Waals surface area contributed by atoms with E-state index in [-0.39, 0.29) is 0 Å². The summed E-state index contributed by atoms with van der Waals surface area (Å²) in [6, 6.07) is 11.9. The summed E-state index contributed by atoms with van der Waals surface area (Å²) >= 11 is 0. The molecule has 2 heterocycles. The first-order valence-corrected chi connectivity index (χ1v) is 10.5. The molecule has 1 aromatic carbocycles. The molecule has 2 saturated heterocycles. The van der Waals surface area contributed by atoms with E-state index in [9.17, 15) is 0 Å². The molecule has 4 rings (SSSR count). The van der Waals surface area contributed by atoms with Crippen molar-refractivity contribution in [3.05, 3.63) is 35.9 Å². The zero-order valence-corrected chi connectivity index (χ0v) is 16.4. The van der Waals surface area contributed by atoms with Gasteiger partial charge >= 0.3 is 0 Å². The second-order valence-electron chi connectivity index (χ2n) is 8.54. The van der Waals surface area contributed by atoms with Crippen LogP contribution in [0.2, 0.25) is 0 Å². The van der Waals surface area contributed by atoms with Gasteiger partial charge in [0.15, 0.2) is 5.96 Å². The van der Waals surface area contributed by atoms with Crippen LogP contribution in [-0.4, -0.2) is 61.6 Å². The standard InChI is InChI=1S/C22H34N4/c1-17-15-26(13-11-21(17)19-6-4-3-5-7-19)22(23-2)24-14-18-10-12-25(16-18)20-8-9-20/h3-7,17-18,20-21H,8-16H2,1-2H3,(H,23,24). The minimum atomic E-state index is 0.654. The number of rotatable bonds is 4. The zero-order valence-electron chi connectivity index (χ0n) is 16.4. The lowest BCUT2D eigenvalue weighted by Crippen LogP contribution is -2.49. The van der Waals surface area contributed by atoms with Crippen LogP contribution in [0.3, 0.4) is 0 Å². The van der Waals surface area contributed by atoms with Gasteiger partial charge in [-0.25, -0.2) is 0 Å². The van der Waals surface area contributed by atoms with Crippen molar-refractivity contribution in [1.29, 1.82) is 0 Å². The fraction of sp³-hybridized carbons (Fsp3) is 0.682. The maximum Gasteiger partial charge on any atom is 0.193 e. The molecule has 0 bridgehead atoms. The summed E-state index contributed by atoms with van der Waals surface area (Å²) in [5.74, 6) is 3.22. The molecule has 3 aliphatic rings. The number of guanidine groups is 1. The monoisotopic (exact) mass is 354 g/mol. The number of hydrogen-bond acceptors (Lipinski definition) is 2. The van der Waals surface area contributed by atoms with Gasteiger partial charge in [-0.3, -0.25) is 4.99 Å². The Hall–Kier alpha value is -1.55. The predicted octanol–water partition coefficient (Wildman–Crippen LogP) is 3.17. The van der Waals surface area contributed by atoms with Gasteiger partial charge in [0, 0.05) is 39.3 Å². The fourth-order valence-electron chi connectivity index (χ4n) is 4.90. The Morgan fingerprint density at radius 1 is 1.08 bits per heavy atom. The van der Waals surface area contributed by atoms with Crippen LogP contribution < -0.4 is 5.32 Å². The predicted molar refractivity (Wildman–Crippen MR) is 109 cm³/mol. The number of aliphatic imine (C=N–C) groups is 1. The van der Waals surface area contributed by atoms with Crippen LogP contribution in [-0.2, 0) is 0 Å². The number of likely N-dealkylation sites (tertiary alicyclic amines) is 2. The molecule has 1 N–H and O–H groups in total. The van der Waals surface area contributed by atoms with E-state index < -0.39 is 0 Å². The molecule has 1 saturated carbocycles. The summed E-state index contributed by atoms with van der Waals surface area (Å²) < 4.78 is 0. The van der Waals surface area contributed by atoms with Gasteiger partial charge in [0.05, 0.1) is 0 Å². The van der Waals surface area contributed by atoms with Gasteiger partial charge in [-0.15, -0.1) is 0 Å². The average Bonchev–Trinajstić information content (AvgIpc) is 3.42. The van der Waals surface area contributed by atoms with Crippen LogP contribution in [0.1, 0.15) is 44.1 Å². The Bertz CT molecular complexity index is 610. The van der Waals surface area contributed by atoms with E-state index in [0.29, 0.717) is 11.8 Å². The highest BCUT2D eigenvalue weighted by atomic mass is 15.3. The van der Waals surface area contributed by atoms with E-state index >= 15 is 0 Å². The van der Waals surface area contributed by atoms with Gasteiger partial charge in [-0.2, -0.15) is 0 Å². The average molecular weight is 355 g/mol. The lowest BCUT2D eigenvalue weighted by Gasteiger charge is -2.39. The molecule has 1 aliphatic carbocycles. The van der Waals surface area contributed by atoms with E-state index in [4.69, 9.17) is 0 Å². The molecule has 26 heavy (non-hydrogen) atoms. The molecular formula is C22H34N4. The first-order valence-electron chi connectivity index (χ1n) is 10.5. The van der Waals surface area contributed by atoms with Gasteiger partial charge in [-0.05, 0) is 55.5 Å². The van der Waals surface area contributed by atoms with Crippen molar-refractivity contribution in [1.82, 2.24) is 15.1 Å². The molecule has 2 aliphatic heterocycles. The number of hydrogen-bond donors (Lipinski definition) is 1. The topological polar surface area (TPSA) is 30.9 Å². The molecule has 3 unspecified atom stereocenters. The van der Waals surface area contributed by atoms with Crippen molar-refractivity contribution in [2.75, 3.05) is 39.8 Å². The minimum Gasteiger partial charge on any atom is -0.356 e. The summed E-state index contributed by atoms with van der Waals surface area (Å²) in [6.45, 7) is 8.24. The largest absolute Gasteiger partial charge is 0.356 e. The second kappa shape index (κ2) is 7.99. The summed E-state index contributed by atoms with van der Waals surface area (Å²) in [5, 5.41) is 3.69. The van der Waals surface area contributed by atoms with Gasteiger partial charge in [0.1, 0.15) is 0 Å². The van der Waals surface area contributed by atoms with Crippen molar-refractivity contribution in [2.45, 2.75) is 44.6 Å². The first-order chi connectivity index (χ1) is 12.7. The molecule has 142 valence electrons. The minimum absolute atomic E-state index is 0.654. The van der Waals surface area contributed by atoms with E-state index in [1.165, 1.54) is 44.3 Å². The van der Waals surface area contributed by atoms with Crippen LogP contribution in [0, 0.1) is 11.8 Å². The summed E-state index contributed by atoms with van der Waals surface area (Å²) in [7, 11) is 1.93. The Morgan fingerprint density at radius 2 is 1.88 bits per heavy atom. The molecular weight excluding hydrogens is 320 g/mol. The summed E-state index contributed by atoms with van der Waals surface area (Å²) in [4.78, 5) is 9.76. The molecule has 0 aromatic heterocycles. The number of nitrogens with zero attached hydrogens (tertiary/aromatic N) is 3. The Balaban J connectivity index is 1.28. The first kappa shape index (κ1) is 17.8. The third-order valence-electron chi connectivity index (χ3n) is 6.57. The normalized spacial score (nSPS) is 30.6. The quantitative estimate of drug-likeness (QED) is 0.665. The number of nitrogens with one attached hydrogen (secondary N) is 1. The maximum absolute atomic E-state index is 4.59. The van der Waals surface area contributed by atoms with Crippen molar-refractivity contribution >= 4 is 5.96 Å². The highest BCUT2D eigenvalue weighted by molar-refractivity contribution is 5.80. The molecule has 0 radical (unpaired) electrons. The lowest BCUT2D eigenvalue weighted by molar-refractivity contribution is 0.233. The second-order valence-corrected chi connectivity index (χ2v) is 8.54. The molecule has 4 heteroatoms. The van der Waals surface area contributed by atoms with Gasteiger partial charge in [0.2, 0.25) is 0 Å². The fourth-order valence-corrected chi connectivity index (χ4v) is 4.90. The van der Waals surface area contributed by atoms with E-state index in [0.717, 1.165) is 37.6 Å². The van der Waals surface area contributed by atoms with Gasteiger partial charge in [0.25, 0.3) is 0 Å². The van der Waals surface area contributed by atoms with Crippen LogP contribution in [0.5, 0.6) is 0 Å². The van der Waals surface area contributed by atoms with E-state index in [1.807, 2.05) is 7.05 Å². The van der Waals surface area contributed by atoms with E-state index in [2.05, 4.69) is 57.4 Å². The Labute approximate surface area is 158 Å². The van der Waals surface area contributed by atoms with Crippen molar-refractivity contribution in [3.8, 4) is 0 Å². The van der Waals surface area contributed by atoms with Gasteiger partial charge in [-0.1, -0.05) is 37.3 Å². The summed E-state index contributed by atoms with van der Waals surface area (Å²) in [5.41, 5.74) is 1.49. The van der Waals surface area contributed by atoms with Crippen LogP contribution in [0.15, 0.2) is 35.3 Å². The highest BCUT2D eigenvalue weighted by Crippen LogP contribution is 2.33. The Morgan fingerprint density at radius 3 is 2.58 bits per heavy atom. The SMILES string of the molecule is CN=C(NCC1CCN(C2CC2)C1)N1CCC(c2ccccc2)C(C)C1.